The molecule has 2 aromatic heterocycles. The van der Waals surface area contributed by atoms with Crippen molar-refractivity contribution < 1.29 is 4.79 Å². The van der Waals surface area contributed by atoms with Crippen LogP contribution in [0.15, 0.2) is 64.8 Å². The fraction of sp³-hybridized carbons (Fsp3) is 0.318. The summed E-state index contributed by atoms with van der Waals surface area (Å²) in [5, 5.41) is 6.61. The second-order valence-electron chi connectivity index (χ2n) is 7.19. The third kappa shape index (κ3) is 3.78. The zero-order valence-electron chi connectivity index (χ0n) is 15.8. The molecule has 2 unspecified atom stereocenters. The largest absolute Gasteiger partial charge is 0.340 e. The quantitative estimate of drug-likeness (QED) is 0.675. The Morgan fingerprint density at radius 2 is 1.96 bits per heavy atom. The normalized spacial score (nSPS) is 18.0. The first kappa shape index (κ1) is 18.6. The smallest absolute Gasteiger partial charge is 0.267 e. The molecule has 1 fully saturated rings. The lowest BCUT2D eigenvalue weighted by molar-refractivity contribution is -0.134. The fourth-order valence-corrected chi connectivity index (χ4v) is 4.45. The topological polar surface area (TPSA) is 55.2 Å². The van der Waals surface area contributed by atoms with Gasteiger partial charge in [0.15, 0.2) is 0 Å². The summed E-state index contributed by atoms with van der Waals surface area (Å²) in [7, 11) is 0. The third-order valence-electron chi connectivity index (χ3n) is 5.32. The molecular formula is C22H23N3O2S. The molecular weight excluding hydrogens is 370 g/mol. The van der Waals surface area contributed by atoms with Gasteiger partial charge in [-0.05, 0) is 42.8 Å². The van der Waals surface area contributed by atoms with Crippen molar-refractivity contribution in [3.63, 3.8) is 0 Å². The van der Waals surface area contributed by atoms with E-state index in [0.29, 0.717) is 6.54 Å². The summed E-state index contributed by atoms with van der Waals surface area (Å²) in [6.45, 7) is 3.20. The van der Waals surface area contributed by atoms with E-state index in [1.807, 2.05) is 59.7 Å². The molecule has 0 bridgehead atoms. The van der Waals surface area contributed by atoms with Crippen LogP contribution in [-0.4, -0.2) is 33.7 Å². The number of rotatable bonds is 4. The molecule has 5 nitrogen and oxygen atoms in total. The first-order chi connectivity index (χ1) is 13.6. The Bertz CT molecular complexity index is 998. The number of hydrogen-bond donors (Lipinski definition) is 0. The van der Waals surface area contributed by atoms with Crippen molar-refractivity contribution in [2.45, 2.75) is 31.7 Å². The number of benzene rings is 1. The number of piperidine rings is 1. The Morgan fingerprint density at radius 3 is 2.71 bits per heavy atom. The molecule has 6 heteroatoms. The van der Waals surface area contributed by atoms with E-state index >= 15 is 0 Å². The number of nitrogens with zero attached hydrogens (tertiary/aromatic N) is 3. The van der Waals surface area contributed by atoms with E-state index in [1.165, 1.54) is 0 Å². The SMILES string of the molecule is CC(C(=O)N1CCCC(n2nc(-c3cccs3)ccc2=O)C1)c1ccccc1. The van der Waals surface area contributed by atoms with Crippen LogP contribution in [0.4, 0.5) is 0 Å². The van der Waals surface area contributed by atoms with E-state index in [9.17, 15) is 9.59 Å². The van der Waals surface area contributed by atoms with Gasteiger partial charge in [-0.25, -0.2) is 4.68 Å². The molecule has 0 radical (unpaired) electrons. The van der Waals surface area contributed by atoms with Gasteiger partial charge in [0.05, 0.1) is 16.8 Å². The summed E-state index contributed by atoms with van der Waals surface area (Å²) in [4.78, 5) is 28.4. The first-order valence-corrected chi connectivity index (χ1v) is 10.5. The van der Waals surface area contributed by atoms with Crippen molar-refractivity contribution in [2.24, 2.45) is 0 Å². The third-order valence-corrected chi connectivity index (χ3v) is 6.22. The highest BCUT2D eigenvalue weighted by atomic mass is 32.1. The number of carbonyl (C=O) groups excluding carboxylic acids is 1. The molecule has 3 heterocycles. The van der Waals surface area contributed by atoms with Crippen LogP contribution in [0.2, 0.25) is 0 Å². The molecule has 2 atom stereocenters. The van der Waals surface area contributed by atoms with E-state index in [4.69, 9.17) is 0 Å². The Morgan fingerprint density at radius 1 is 1.14 bits per heavy atom. The summed E-state index contributed by atoms with van der Waals surface area (Å²) in [5.41, 5.74) is 1.70. The Hall–Kier alpha value is -2.73. The Kier molecular flexibility index (Phi) is 5.39. The van der Waals surface area contributed by atoms with E-state index in [1.54, 1.807) is 28.2 Å². The maximum Gasteiger partial charge on any atom is 0.267 e. The van der Waals surface area contributed by atoms with Crippen LogP contribution < -0.4 is 5.56 Å². The van der Waals surface area contributed by atoms with E-state index in [0.717, 1.165) is 35.5 Å². The van der Waals surface area contributed by atoms with Gasteiger partial charge >= 0.3 is 0 Å². The molecule has 4 rings (SSSR count). The van der Waals surface area contributed by atoms with Crippen LogP contribution >= 0.6 is 11.3 Å². The Balaban J connectivity index is 1.55. The number of thiophene rings is 1. The van der Waals surface area contributed by atoms with Gasteiger partial charge in [-0.2, -0.15) is 5.10 Å². The van der Waals surface area contributed by atoms with Crippen LogP contribution in [0.5, 0.6) is 0 Å². The predicted molar refractivity (Wildman–Crippen MR) is 112 cm³/mol. The van der Waals surface area contributed by atoms with Crippen LogP contribution in [0.25, 0.3) is 10.6 Å². The maximum atomic E-state index is 13.0. The van der Waals surface area contributed by atoms with Crippen LogP contribution in [0.1, 0.15) is 37.3 Å². The van der Waals surface area contributed by atoms with Gasteiger partial charge < -0.3 is 4.90 Å². The molecule has 0 N–H and O–H groups in total. The lowest BCUT2D eigenvalue weighted by Crippen LogP contribution is -2.44. The number of likely N-dealkylation sites (tertiary alicyclic amines) is 1. The standard InChI is InChI=1S/C22H23N3O2S/c1-16(17-7-3-2-4-8-17)22(27)24-13-5-9-18(15-24)25-21(26)12-11-19(23-25)20-10-6-14-28-20/h2-4,6-8,10-12,14,16,18H,5,9,13,15H2,1H3. The number of carbonyl (C=O) groups is 1. The molecule has 1 aliphatic rings. The fourth-order valence-electron chi connectivity index (χ4n) is 3.76. The van der Waals surface area contributed by atoms with Gasteiger partial charge in [0, 0.05) is 19.2 Å². The number of aromatic nitrogens is 2. The summed E-state index contributed by atoms with van der Waals surface area (Å²) in [6, 6.07) is 17.1. The van der Waals surface area contributed by atoms with E-state index in [-0.39, 0.29) is 23.4 Å². The summed E-state index contributed by atoms with van der Waals surface area (Å²) < 4.78 is 1.57. The second kappa shape index (κ2) is 8.10. The highest BCUT2D eigenvalue weighted by Gasteiger charge is 2.29. The molecule has 0 aliphatic carbocycles. The molecule has 1 aromatic carbocycles. The van der Waals surface area contributed by atoms with Crippen molar-refractivity contribution >= 4 is 17.2 Å². The minimum atomic E-state index is -0.193. The minimum absolute atomic E-state index is 0.0897. The van der Waals surface area contributed by atoms with Crippen LogP contribution in [-0.2, 0) is 4.79 Å². The Labute approximate surface area is 168 Å². The lowest BCUT2D eigenvalue weighted by atomic mass is 9.97. The maximum absolute atomic E-state index is 13.0. The molecule has 0 spiro atoms. The molecule has 1 amide bonds. The lowest BCUT2D eigenvalue weighted by Gasteiger charge is -2.34. The van der Waals surface area contributed by atoms with Crippen molar-refractivity contribution in [2.75, 3.05) is 13.1 Å². The zero-order chi connectivity index (χ0) is 19.5. The zero-order valence-corrected chi connectivity index (χ0v) is 16.6. The van der Waals surface area contributed by atoms with Gasteiger partial charge in [0.25, 0.3) is 5.56 Å². The van der Waals surface area contributed by atoms with Gasteiger partial charge in [-0.1, -0.05) is 36.4 Å². The minimum Gasteiger partial charge on any atom is -0.340 e. The molecule has 144 valence electrons. The van der Waals surface area contributed by atoms with Crippen LogP contribution in [0.3, 0.4) is 0 Å². The average molecular weight is 394 g/mol. The predicted octanol–water partition coefficient (Wildman–Crippen LogP) is 3.94. The van der Waals surface area contributed by atoms with Crippen LogP contribution in [0, 0.1) is 0 Å². The summed E-state index contributed by atoms with van der Waals surface area (Å²) >= 11 is 1.60. The summed E-state index contributed by atoms with van der Waals surface area (Å²) in [6.07, 6.45) is 1.72. The first-order valence-electron chi connectivity index (χ1n) is 9.61. The van der Waals surface area contributed by atoms with Gasteiger partial charge in [0.2, 0.25) is 5.91 Å². The van der Waals surface area contributed by atoms with Gasteiger partial charge in [0.1, 0.15) is 5.69 Å². The monoisotopic (exact) mass is 393 g/mol. The molecule has 0 saturated carbocycles. The van der Waals surface area contributed by atoms with Crippen molar-refractivity contribution in [3.8, 4) is 10.6 Å². The highest BCUT2D eigenvalue weighted by molar-refractivity contribution is 7.13. The molecule has 28 heavy (non-hydrogen) atoms. The highest BCUT2D eigenvalue weighted by Crippen LogP contribution is 2.26. The number of amides is 1. The molecule has 3 aromatic rings. The summed E-state index contributed by atoms with van der Waals surface area (Å²) in [5.74, 6) is -0.0829. The molecule has 1 saturated heterocycles. The van der Waals surface area contributed by atoms with Crippen molar-refractivity contribution in [1.29, 1.82) is 0 Å². The van der Waals surface area contributed by atoms with E-state index in [2.05, 4.69) is 5.10 Å². The second-order valence-corrected chi connectivity index (χ2v) is 8.14. The van der Waals surface area contributed by atoms with Gasteiger partial charge in [-0.3, -0.25) is 9.59 Å². The van der Waals surface area contributed by atoms with Crippen molar-refractivity contribution in [1.82, 2.24) is 14.7 Å². The van der Waals surface area contributed by atoms with E-state index < -0.39 is 0 Å². The van der Waals surface area contributed by atoms with Crippen molar-refractivity contribution in [3.05, 3.63) is 75.9 Å². The average Bonchev–Trinajstić information content (AvgIpc) is 3.29. The molecule has 1 aliphatic heterocycles. The van der Waals surface area contributed by atoms with Gasteiger partial charge in [-0.15, -0.1) is 11.3 Å². The number of hydrogen-bond acceptors (Lipinski definition) is 4.